The Bertz CT molecular complexity index is 390. The second kappa shape index (κ2) is 7.41. The summed E-state index contributed by atoms with van der Waals surface area (Å²) in [6, 6.07) is 8.64. The second-order valence-corrected chi connectivity index (χ2v) is 6.91. The van der Waals surface area contributed by atoms with Crippen LogP contribution in [-0.4, -0.2) is 17.3 Å². The van der Waals surface area contributed by atoms with Crippen LogP contribution < -0.4 is 5.32 Å². The van der Waals surface area contributed by atoms with E-state index in [-0.39, 0.29) is 6.04 Å². The molecule has 0 aliphatic heterocycles. The van der Waals surface area contributed by atoms with Crippen LogP contribution in [0.2, 0.25) is 0 Å². The van der Waals surface area contributed by atoms with Crippen LogP contribution in [0.4, 0.5) is 0 Å². The molecule has 2 unspecified atom stereocenters. The average molecular weight is 328 g/mol. The van der Waals surface area contributed by atoms with Gasteiger partial charge in [-0.15, -0.1) is 0 Å². The molecule has 0 spiro atoms. The van der Waals surface area contributed by atoms with Crippen LogP contribution in [0.5, 0.6) is 0 Å². The molecule has 3 heteroatoms. The van der Waals surface area contributed by atoms with Gasteiger partial charge in [0.1, 0.15) is 0 Å². The molecule has 2 nitrogen and oxygen atoms in total. The SMILES string of the molecule is CCC(NCC(C)(O)CC(C)C)c1cccc(Br)c1. The highest BCUT2D eigenvalue weighted by atomic mass is 79.9. The Kier molecular flexibility index (Phi) is 6.51. The normalized spacial score (nSPS) is 16.4. The van der Waals surface area contributed by atoms with E-state index in [1.807, 2.05) is 13.0 Å². The van der Waals surface area contributed by atoms with Gasteiger partial charge in [0.2, 0.25) is 0 Å². The summed E-state index contributed by atoms with van der Waals surface area (Å²) in [5, 5.41) is 13.8. The van der Waals surface area contributed by atoms with Gasteiger partial charge in [0.15, 0.2) is 0 Å². The standard InChI is InChI=1S/C16H26BrNO/c1-5-15(13-7-6-8-14(17)9-13)18-11-16(4,19)10-12(2)3/h6-9,12,15,18-19H,5,10-11H2,1-4H3. The number of hydrogen-bond acceptors (Lipinski definition) is 2. The Morgan fingerprint density at radius 3 is 2.58 bits per heavy atom. The van der Waals surface area contributed by atoms with Crippen LogP contribution in [0.3, 0.4) is 0 Å². The molecule has 0 saturated carbocycles. The lowest BCUT2D eigenvalue weighted by molar-refractivity contribution is 0.0357. The van der Waals surface area contributed by atoms with E-state index in [9.17, 15) is 5.11 Å². The smallest absolute Gasteiger partial charge is 0.0746 e. The van der Waals surface area contributed by atoms with Gasteiger partial charge >= 0.3 is 0 Å². The average Bonchev–Trinajstić information content (AvgIpc) is 2.28. The van der Waals surface area contributed by atoms with Crippen LogP contribution in [0.1, 0.15) is 52.1 Å². The van der Waals surface area contributed by atoms with Gasteiger partial charge in [-0.3, -0.25) is 0 Å². The Morgan fingerprint density at radius 2 is 2.05 bits per heavy atom. The Labute approximate surface area is 125 Å². The highest BCUT2D eigenvalue weighted by Crippen LogP contribution is 2.22. The van der Waals surface area contributed by atoms with E-state index < -0.39 is 5.60 Å². The minimum absolute atomic E-state index is 0.288. The lowest BCUT2D eigenvalue weighted by atomic mass is 9.93. The van der Waals surface area contributed by atoms with E-state index in [2.05, 4.69) is 60.2 Å². The fourth-order valence-corrected chi connectivity index (χ4v) is 2.93. The molecule has 1 aromatic rings. The van der Waals surface area contributed by atoms with Crippen LogP contribution in [0.15, 0.2) is 28.7 Å². The Morgan fingerprint density at radius 1 is 1.37 bits per heavy atom. The van der Waals surface area contributed by atoms with Gasteiger partial charge < -0.3 is 10.4 Å². The highest BCUT2D eigenvalue weighted by Gasteiger charge is 2.23. The Hall–Kier alpha value is -0.380. The molecule has 0 bridgehead atoms. The van der Waals surface area contributed by atoms with Crippen LogP contribution in [0.25, 0.3) is 0 Å². The third kappa shape index (κ3) is 6.07. The van der Waals surface area contributed by atoms with Crippen LogP contribution in [-0.2, 0) is 0 Å². The van der Waals surface area contributed by atoms with Crippen LogP contribution in [0, 0.1) is 5.92 Å². The number of hydrogen-bond donors (Lipinski definition) is 2. The van der Waals surface area contributed by atoms with E-state index in [1.54, 1.807) is 0 Å². The summed E-state index contributed by atoms with van der Waals surface area (Å²) in [5.41, 5.74) is 0.616. The molecule has 1 aromatic carbocycles. The van der Waals surface area contributed by atoms with Gasteiger partial charge in [0.25, 0.3) is 0 Å². The van der Waals surface area contributed by atoms with E-state index in [0.29, 0.717) is 12.5 Å². The predicted octanol–water partition coefficient (Wildman–Crippen LogP) is 4.29. The fourth-order valence-electron chi connectivity index (χ4n) is 2.52. The largest absolute Gasteiger partial charge is 0.389 e. The first-order valence-corrected chi connectivity index (χ1v) is 7.84. The van der Waals surface area contributed by atoms with E-state index >= 15 is 0 Å². The van der Waals surface area contributed by atoms with Gasteiger partial charge in [0, 0.05) is 17.1 Å². The minimum Gasteiger partial charge on any atom is -0.389 e. The van der Waals surface area contributed by atoms with Crippen molar-refractivity contribution < 1.29 is 5.11 Å². The van der Waals surface area contributed by atoms with Gasteiger partial charge in [0.05, 0.1) is 5.60 Å². The maximum atomic E-state index is 10.4. The third-order valence-corrected chi connectivity index (χ3v) is 3.73. The van der Waals surface area contributed by atoms with Crippen molar-refractivity contribution >= 4 is 15.9 Å². The summed E-state index contributed by atoms with van der Waals surface area (Å²) in [4.78, 5) is 0. The lowest BCUT2D eigenvalue weighted by Gasteiger charge is -2.28. The molecule has 0 radical (unpaired) electrons. The number of halogens is 1. The van der Waals surface area contributed by atoms with Gasteiger partial charge in [-0.2, -0.15) is 0 Å². The van der Waals surface area contributed by atoms with E-state index in [4.69, 9.17) is 0 Å². The number of benzene rings is 1. The number of nitrogens with one attached hydrogen (secondary N) is 1. The minimum atomic E-state index is -0.645. The van der Waals surface area contributed by atoms with Crippen molar-refractivity contribution in [2.75, 3.05) is 6.54 Å². The van der Waals surface area contributed by atoms with Crippen molar-refractivity contribution in [3.63, 3.8) is 0 Å². The first-order valence-electron chi connectivity index (χ1n) is 7.05. The quantitative estimate of drug-likeness (QED) is 0.783. The zero-order chi connectivity index (χ0) is 14.5. The Balaban J connectivity index is 2.63. The number of rotatable bonds is 7. The van der Waals surface area contributed by atoms with E-state index in [0.717, 1.165) is 17.3 Å². The maximum absolute atomic E-state index is 10.4. The molecule has 19 heavy (non-hydrogen) atoms. The highest BCUT2D eigenvalue weighted by molar-refractivity contribution is 9.10. The van der Waals surface area contributed by atoms with E-state index in [1.165, 1.54) is 5.56 Å². The van der Waals surface area contributed by atoms with Crippen molar-refractivity contribution in [1.82, 2.24) is 5.32 Å². The zero-order valence-corrected chi connectivity index (χ0v) is 14.0. The van der Waals surface area contributed by atoms with Crippen molar-refractivity contribution in [2.24, 2.45) is 5.92 Å². The van der Waals surface area contributed by atoms with Gasteiger partial charge in [-0.05, 0) is 43.4 Å². The van der Waals surface area contributed by atoms with Crippen molar-refractivity contribution in [3.05, 3.63) is 34.3 Å². The van der Waals surface area contributed by atoms with Gasteiger partial charge in [-0.25, -0.2) is 0 Å². The third-order valence-electron chi connectivity index (χ3n) is 3.24. The molecule has 0 saturated heterocycles. The summed E-state index contributed by atoms with van der Waals surface area (Å²) in [6.07, 6.45) is 1.82. The number of aliphatic hydroxyl groups is 1. The molecule has 0 aliphatic carbocycles. The van der Waals surface area contributed by atoms with Crippen LogP contribution >= 0.6 is 15.9 Å². The molecular weight excluding hydrogens is 302 g/mol. The molecule has 108 valence electrons. The topological polar surface area (TPSA) is 32.3 Å². The molecule has 2 N–H and O–H groups in total. The molecule has 0 amide bonds. The fraction of sp³-hybridized carbons (Fsp3) is 0.625. The van der Waals surface area contributed by atoms with Crippen molar-refractivity contribution in [3.8, 4) is 0 Å². The predicted molar refractivity (Wildman–Crippen MR) is 85.3 cm³/mol. The second-order valence-electron chi connectivity index (χ2n) is 5.99. The molecule has 0 aromatic heterocycles. The lowest BCUT2D eigenvalue weighted by Crippen LogP contribution is -2.40. The monoisotopic (exact) mass is 327 g/mol. The summed E-state index contributed by atoms with van der Waals surface area (Å²) >= 11 is 3.51. The summed E-state index contributed by atoms with van der Waals surface area (Å²) in [6.45, 7) is 8.97. The molecule has 0 aliphatic rings. The molecule has 0 fully saturated rings. The molecule has 0 heterocycles. The summed E-state index contributed by atoms with van der Waals surface area (Å²) in [7, 11) is 0. The summed E-state index contributed by atoms with van der Waals surface area (Å²) < 4.78 is 1.10. The molecular formula is C16H26BrNO. The van der Waals surface area contributed by atoms with Crippen molar-refractivity contribution in [1.29, 1.82) is 0 Å². The first kappa shape index (κ1) is 16.7. The summed E-state index contributed by atoms with van der Waals surface area (Å²) in [5.74, 6) is 0.503. The molecule has 1 rings (SSSR count). The molecule has 2 atom stereocenters. The maximum Gasteiger partial charge on any atom is 0.0746 e. The van der Waals surface area contributed by atoms with Gasteiger partial charge in [-0.1, -0.05) is 48.8 Å². The van der Waals surface area contributed by atoms with Crippen molar-refractivity contribution in [2.45, 2.75) is 52.2 Å². The zero-order valence-electron chi connectivity index (χ0n) is 12.4. The first-order chi connectivity index (χ1) is 8.84.